The van der Waals surface area contributed by atoms with E-state index in [-0.39, 0.29) is 26.1 Å². The minimum Gasteiger partial charge on any atom is -0.334 e. The molecule has 3 nitrogen and oxygen atoms in total. The molecule has 16 heavy (non-hydrogen) atoms. The third-order valence-corrected chi connectivity index (χ3v) is 2.96. The number of hydrogen-bond donors (Lipinski definition) is 1. The summed E-state index contributed by atoms with van der Waals surface area (Å²) in [5.74, 6) is -1.92. The Labute approximate surface area is 90.6 Å². The van der Waals surface area contributed by atoms with Crippen LogP contribution in [-0.4, -0.2) is 42.8 Å². The Bertz CT molecular complexity index is 281. The normalized spacial score (nSPS) is 31.6. The van der Waals surface area contributed by atoms with E-state index in [1.807, 2.05) is 0 Å². The number of nitrogens with zero attached hydrogens (tertiary/aromatic N) is 1. The van der Waals surface area contributed by atoms with Gasteiger partial charge in [-0.25, -0.2) is 4.39 Å². The summed E-state index contributed by atoms with van der Waals surface area (Å²) in [7, 11) is 0. The van der Waals surface area contributed by atoms with Gasteiger partial charge in [-0.15, -0.1) is 0 Å². The maximum absolute atomic E-state index is 13.5. The van der Waals surface area contributed by atoms with Crippen LogP contribution in [0.4, 0.5) is 17.6 Å². The summed E-state index contributed by atoms with van der Waals surface area (Å²) in [5.41, 5.74) is 4.26. The zero-order valence-corrected chi connectivity index (χ0v) is 8.85. The number of alkyl halides is 4. The van der Waals surface area contributed by atoms with E-state index in [0.29, 0.717) is 4.90 Å². The minimum absolute atomic E-state index is 0.0875. The maximum Gasteiger partial charge on any atom is 0.471 e. The van der Waals surface area contributed by atoms with Gasteiger partial charge in [-0.1, -0.05) is 6.92 Å². The molecule has 1 aliphatic rings. The highest BCUT2D eigenvalue weighted by Gasteiger charge is 2.48. The lowest BCUT2D eigenvalue weighted by atomic mass is 9.80. The molecule has 94 valence electrons. The van der Waals surface area contributed by atoms with Crippen LogP contribution in [0, 0.1) is 5.41 Å². The van der Waals surface area contributed by atoms with Gasteiger partial charge in [0, 0.05) is 25.0 Å². The molecule has 0 saturated carbocycles. The van der Waals surface area contributed by atoms with Gasteiger partial charge in [0.2, 0.25) is 0 Å². The molecule has 0 radical (unpaired) electrons. The van der Waals surface area contributed by atoms with E-state index in [2.05, 4.69) is 0 Å². The molecule has 1 amide bonds. The van der Waals surface area contributed by atoms with Gasteiger partial charge >= 0.3 is 12.1 Å². The minimum atomic E-state index is -4.90. The zero-order chi connectivity index (χ0) is 12.6. The van der Waals surface area contributed by atoms with E-state index in [0.717, 1.165) is 0 Å². The van der Waals surface area contributed by atoms with Gasteiger partial charge in [0.05, 0.1) is 0 Å². The van der Waals surface area contributed by atoms with Crippen LogP contribution in [-0.2, 0) is 4.79 Å². The van der Waals surface area contributed by atoms with Crippen LogP contribution in [0.15, 0.2) is 0 Å². The van der Waals surface area contributed by atoms with Crippen molar-refractivity contribution in [2.45, 2.75) is 25.7 Å². The van der Waals surface area contributed by atoms with E-state index >= 15 is 0 Å². The van der Waals surface area contributed by atoms with Crippen molar-refractivity contribution < 1.29 is 22.4 Å². The largest absolute Gasteiger partial charge is 0.471 e. The van der Waals surface area contributed by atoms with Crippen molar-refractivity contribution in [1.29, 1.82) is 0 Å². The van der Waals surface area contributed by atoms with Crippen molar-refractivity contribution in [2.75, 3.05) is 19.6 Å². The summed E-state index contributed by atoms with van der Waals surface area (Å²) in [6.45, 7) is 0.862. The van der Waals surface area contributed by atoms with Gasteiger partial charge in [-0.3, -0.25) is 4.79 Å². The lowest BCUT2D eigenvalue weighted by molar-refractivity contribution is -0.189. The van der Waals surface area contributed by atoms with Crippen LogP contribution < -0.4 is 5.73 Å². The molecule has 2 atom stereocenters. The van der Waals surface area contributed by atoms with Gasteiger partial charge in [0.15, 0.2) is 0 Å². The molecule has 1 rings (SSSR count). The second-order valence-corrected chi connectivity index (χ2v) is 4.34. The van der Waals surface area contributed by atoms with E-state index in [1.165, 1.54) is 6.92 Å². The molecule has 1 saturated heterocycles. The van der Waals surface area contributed by atoms with Crippen LogP contribution in [0.5, 0.6) is 0 Å². The number of halogens is 4. The Morgan fingerprint density at radius 2 is 2.12 bits per heavy atom. The third kappa shape index (κ3) is 2.45. The SMILES string of the molecule is CC1(CN)CN(C(=O)C(F)(F)F)CCC1F. The molecular formula is C9H14F4N2O. The predicted molar refractivity (Wildman–Crippen MR) is 49.3 cm³/mol. The maximum atomic E-state index is 13.5. The molecule has 0 bridgehead atoms. The Balaban J connectivity index is 2.77. The van der Waals surface area contributed by atoms with Crippen molar-refractivity contribution in [3.05, 3.63) is 0 Å². The van der Waals surface area contributed by atoms with Gasteiger partial charge in [-0.05, 0) is 6.42 Å². The third-order valence-electron chi connectivity index (χ3n) is 2.96. The summed E-state index contributed by atoms with van der Waals surface area (Å²) < 4.78 is 50.0. The number of nitrogens with two attached hydrogens (primary N) is 1. The Morgan fingerprint density at radius 3 is 2.56 bits per heavy atom. The summed E-state index contributed by atoms with van der Waals surface area (Å²) >= 11 is 0. The highest BCUT2D eigenvalue weighted by atomic mass is 19.4. The first-order valence-corrected chi connectivity index (χ1v) is 4.91. The van der Waals surface area contributed by atoms with Crippen molar-refractivity contribution in [3.8, 4) is 0 Å². The standard InChI is InChI=1S/C9H14F4N2O/c1-8(4-14)5-15(3-2-6(8)10)7(16)9(11,12)13/h6H,2-5,14H2,1H3. The lowest BCUT2D eigenvalue weighted by Crippen LogP contribution is -2.56. The number of carbonyl (C=O) groups is 1. The van der Waals surface area contributed by atoms with Crippen LogP contribution in [0.1, 0.15) is 13.3 Å². The molecule has 1 heterocycles. The predicted octanol–water partition coefficient (Wildman–Crippen LogP) is 1.08. The Hall–Kier alpha value is -0.850. The second-order valence-electron chi connectivity index (χ2n) is 4.34. The first-order valence-electron chi connectivity index (χ1n) is 4.91. The highest BCUT2D eigenvalue weighted by molar-refractivity contribution is 5.82. The summed E-state index contributed by atoms with van der Waals surface area (Å²) in [5, 5.41) is 0. The van der Waals surface area contributed by atoms with E-state index < -0.39 is 23.7 Å². The van der Waals surface area contributed by atoms with Crippen molar-refractivity contribution in [1.82, 2.24) is 4.90 Å². The molecule has 0 aromatic heterocycles. The topological polar surface area (TPSA) is 46.3 Å². The van der Waals surface area contributed by atoms with Gasteiger partial charge in [-0.2, -0.15) is 13.2 Å². The average molecular weight is 242 g/mol. The lowest BCUT2D eigenvalue weighted by Gasteiger charge is -2.42. The molecule has 2 unspecified atom stereocenters. The van der Waals surface area contributed by atoms with E-state index in [4.69, 9.17) is 5.73 Å². The number of amides is 1. The molecule has 1 aliphatic heterocycles. The summed E-state index contributed by atoms with van der Waals surface area (Å²) in [6.07, 6.45) is -6.27. The van der Waals surface area contributed by atoms with Gasteiger partial charge < -0.3 is 10.6 Å². The van der Waals surface area contributed by atoms with Crippen LogP contribution in [0.25, 0.3) is 0 Å². The van der Waals surface area contributed by atoms with Crippen LogP contribution >= 0.6 is 0 Å². The zero-order valence-electron chi connectivity index (χ0n) is 8.85. The molecular weight excluding hydrogens is 228 g/mol. The Kier molecular flexibility index (Phi) is 3.47. The molecule has 7 heteroatoms. The average Bonchev–Trinajstić information content (AvgIpc) is 2.20. The van der Waals surface area contributed by atoms with Crippen LogP contribution in [0.2, 0.25) is 0 Å². The van der Waals surface area contributed by atoms with Crippen molar-refractivity contribution >= 4 is 5.91 Å². The molecule has 0 aromatic carbocycles. The van der Waals surface area contributed by atoms with Gasteiger partial charge in [0.25, 0.3) is 0 Å². The fraction of sp³-hybridized carbons (Fsp3) is 0.889. The molecule has 1 fully saturated rings. The quantitative estimate of drug-likeness (QED) is 0.699. The fourth-order valence-corrected chi connectivity index (χ4v) is 1.78. The van der Waals surface area contributed by atoms with E-state index in [1.54, 1.807) is 0 Å². The van der Waals surface area contributed by atoms with Crippen molar-refractivity contribution in [2.24, 2.45) is 11.1 Å². The first kappa shape index (κ1) is 13.2. The summed E-state index contributed by atoms with van der Waals surface area (Å²) in [4.78, 5) is 11.6. The molecule has 0 aliphatic carbocycles. The van der Waals surface area contributed by atoms with E-state index in [9.17, 15) is 22.4 Å². The van der Waals surface area contributed by atoms with Crippen LogP contribution in [0.3, 0.4) is 0 Å². The molecule has 2 N–H and O–H groups in total. The smallest absolute Gasteiger partial charge is 0.334 e. The number of hydrogen-bond acceptors (Lipinski definition) is 2. The summed E-state index contributed by atoms with van der Waals surface area (Å²) in [6, 6.07) is 0. The van der Waals surface area contributed by atoms with Gasteiger partial charge in [0.1, 0.15) is 6.17 Å². The number of likely N-dealkylation sites (tertiary alicyclic amines) is 1. The number of piperidine rings is 1. The molecule has 0 aromatic rings. The second kappa shape index (κ2) is 4.20. The first-order chi connectivity index (χ1) is 7.20. The monoisotopic (exact) mass is 242 g/mol. The fourth-order valence-electron chi connectivity index (χ4n) is 1.78. The molecule has 0 spiro atoms. The number of rotatable bonds is 1. The Morgan fingerprint density at radius 1 is 1.56 bits per heavy atom. The van der Waals surface area contributed by atoms with Crippen molar-refractivity contribution in [3.63, 3.8) is 0 Å². The highest BCUT2D eigenvalue weighted by Crippen LogP contribution is 2.33. The number of carbonyl (C=O) groups excluding carboxylic acids is 1.